The lowest BCUT2D eigenvalue weighted by atomic mass is 9.75. The van der Waals surface area contributed by atoms with Crippen LogP contribution >= 0.6 is 0 Å². The summed E-state index contributed by atoms with van der Waals surface area (Å²) in [4.78, 5) is 12.8. The van der Waals surface area contributed by atoms with Crippen molar-refractivity contribution in [1.82, 2.24) is 10.6 Å². The highest BCUT2D eigenvalue weighted by Crippen LogP contribution is 2.42. The standard InChI is InChI=1S/C27H38N2O5/c1-26(2,3)29-25(30)10-12-27(17-18-8-9-21(31-4)22(14-18)32-5)20-16-24(34-7)23(33-6)15-19(20)11-13-28-27/h8-9,14-16,28H,10-13,17H2,1-7H3,(H,29,30)/t27-/m1/s1. The second-order valence-corrected chi connectivity index (χ2v) is 9.79. The minimum Gasteiger partial charge on any atom is -0.493 e. The molecular formula is C27H38N2O5. The van der Waals surface area contributed by atoms with Crippen molar-refractivity contribution < 1.29 is 23.7 Å². The Morgan fingerprint density at radius 1 is 0.941 bits per heavy atom. The summed E-state index contributed by atoms with van der Waals surface area (Å²) < 4.78 is 22.2. The van der Waals surface area contributed by atoms with E-state index in [0.29, 0.717) is 42.3 Å². The number of benzene rings is 2. The Kier molecular flexibility index (Phi) is 7.97. The number of hydrogen-bond donors (Lipinski definition) is 2. The molecule has 1 aliphatic rings. The van der Waals surface area contributed by atoms with E-state index in [1.54, 1.807) is 28.4 Å². The topological polar surface area (TPSA) is 78.1 Å². The van der Waals surface area contributed by atoms with Crippen LogP contribution in [0.4, 0.5) is 0 Å². The van der Waals surface area contributed by atoms with E-state index in [-0.39, 0.29) is 11.4 Å². The molecule has 34 heavy (non-hydrogen) atoms. The number of hydrogen-bond acceptors (Lipinski definition) is 6. The van der Waals surface area contributed by atoms with Crippen LogP contribution in [0.1, 0.15) is 50.3 Å². The third-order valence-electron chi connectivity index (χ3n) is 6.23. The highest BCUT2D eigenvalue weighted by atomic mass is 16.5. The van der Waals surface area contributed by atoms with Gasteiger partial charge in [-0.2, -0.15) is 0 Å². The molecule has 3 rings (SSSR count). The molecular weight excluding hydrogens is 432 g/mol. The summed E-state index contributed by atoms with van der Waals surface area (Å²) >= 11 is 0. The van der Waals surface area contributed by atoms with Gasteiger partial charge < -0.3 is 29.6 Å². The summed E-state index contributed by atoms with van der Waals surface area (Å²) in [5, 5.41) is 6.85. The molecule has 1 amide bonds. The Bertz CT molecular complexity index is 1010. The average Bonchev–Trinajstić information content (AvgIpc) is 2.81. The molecule has 2 aromatic rings. The van der Waals surface area contributed by atoms with Crippen LogP contribution in [0, 0.1) is 0 Å². The van der Waals surface area contributed by atoms with Crippen molar-refractivity contribution >= 4 is 5.91 Å². The van der Waals surface area contributed by atoms with Gasteiger partial charge in [-0.1, -0.05) is 6.07 Å². The normalized spacial score (nSPS) is 17.5. The second-order valence-electron chi connectivity index (χ2n) is 9.79. The van der Waals surface area contributed by atoms with E-state index in [1.807, 2.05) is 32.9 Å². The maximum absolute atomic E-state index is 12.8. The van der Waals surface area contributed by atoms with E-state index in [9.17, 15) is 4.79 Å². The maximum Gasteiger partial charge on any atom is 0.220 e. The number of amides is 1. The smallest absolute Gasteiger partial charge is 0.220 e. The lowest BCUT2D eigenvalue weighted by molar-refractivity contribution is -0.123. The predicted octanol–water partition coefficient (Wildman–Crippen LogP) is 4.00. The summed E-state index contributed by atoms with van der Waals surface area (Å²) in [5.74, 6) is 2.81. The first-order valence-corrected chi connectivity index (χ1v) is 11.7. The Morgan fingerprint density at radius 2 is 1.56 bits per heavy atom. The van der Waals surface area contributed by atoms with Crippen LogP contribution in [0.2, 0.25) is 0 Å². The molecule has 1 atom stereocenters. The molecule has 1 aliphatic heterocycles. The van der Waals surface area contributed by atoms with Crippen LogP contribution in [0.25, 0.3) is 0 Å². The van der Waals surface area contributed by atoms with Gasteiger partial charge in [0, 0.05) is 24.0 Å². The van der Waals surface area contributed by atoms with E-state index in [0.717, 1.165) is 24.1 Å². The maximum atomic E-state index is 12.8. The van der Waals surface area contributed by atoms with Gasteiger partial charge in [0.05, 0.1) is 28.4 Å². The molecule has 0 aromatic heterocycles. The van der Waals surface area contributed by atoms with Gasteiger partial charge in [0.25, 0.3) is 0 Å². The Hall–Kier alpha value is -2.93. The van der Waals surface area contributed by atoms with E-state index in [1.165, 1.54) is 5.56 Å². The quantitative estimate of drug-likeness (QED) is 0.577. The SMILES string of the molecule is COc1ccc(C[C@@]2(CCC(=O)NC(C)(C)C)NCCc3cc(OC)c(OC)cc32)cc1OC. The third kappa shape index (κ3) is 5.76. The molecule has 1 heterocycles. The Morgan fingerprint density at radius 3 is 2.18 bits per heavy atom. The number of ether oxygens (including phenoxy) is 4. The van der Waals surface area contributed by atoms with Crippen LogP contribution in [-0.2, 0) is 23.2 Å². The molecule has 0 spiro atoms. The molecule has 2 aromatic carbocycles. The zero-order valence-electron chi connectivity index (χ0n) is 21.5. The molecule has 2 N–H and O–H groups in total. The van der Waals surface area contributed by atoms with Crippen LogP contribution < -0.4 is 29.6 Å². The predicted molar refractivity (Wildman–Crippen MR) is 133 cm³/mol. The number of carbonyl (C=O) groups is 1. The highest BCUT2D eigenvalue weighted by molar-refractivity contribution is 5.76. The summed E-state index contributed by atoms with van der Waals surface area (Å²) in [6.07, 6.45) is 2.58. The molecule has 0 radical (unpaired) electrons. The third-order valence-corrected chi connectivity index (χ3v) is 6.23. The van der Waals surface area contributed by atoms with Crippen molar-refractivity contribution in [2.75, 3.05) is 35.0 Å². The van der Waals surface area contributed by atoms with Crippen molar-refractivity contribution in [3.05, 3.63) is 47.0 Å². The summed E-state index contributed by atoms with van der Waals surface area (Å²) in [6, 6.07) is 10.1. The van der Waals surface area contributed by atoms with Gasteiger partial charge in [-0.25, -0.2) is 0 Å². The summed E-state index contributed by atoms with van der Waals surface area (Å²) in [5.41, 5.74) is 2.69. The highest BCUT2D eigenvalue weighted by Gasteiger charge is 2.38. The van der Waals surface area contributed by atoms with Crippen molar-refractivity contribution in [3.63, 3.8) is 0 Å². The van der Waals surface area contributed by atoms with Gasteiger partial charge in [0.1, 0.15) is 0 Å². The average molecular weight is 471 g/mol. The minimum absolute atomic E-state index is 0.0357. The van der Waals surface area contributed by atoms with Crippen molar-refractivity contribution in [1.29, 1.82) is 0 Å². The molecule has 7 nitrogen and oxygen atoms in total. The zero-order chi connectivity index (χ0) is 24.9. The second kappa shape index (κ2) is 10.6. The van der Waals surface area contributed by atoms with E-state index < -0.39 is 5.54 Å². The van der Waals surface area contributed by atoms with E-state index >= 15 is 0 Å². The fraction of sp³-hybridized carbons (Fsp3) is 0.519. The van der Waals surface area contributed by atoms with Crippen LogP contribution in [0.15, 0.2) is 30.3 Å². The molecule has 0 fully saturated rings. The summed E-state index contributed by atoms with van der Waals surface area (Å²) in [6.45, 7) is 6.79. The van der Waals surface area contributed by atoms with Crippen molar-refractivity contribution in [3.8, 4) is 23.0 Å². The number of carbonyl (C=O) groups excluding carboxylic acids is 1. The first kappa shape index (κ1) is 25.7. The van der Waals surface area contributed by atoms with Gasteiger partial charge in [-0.05, 0) is 81.0 Å². The van der Waals surface area contributed by atoms with Gasteiger partial charge >= 0.3 is 0 Å². The van der Waals surface area contributed by atoms with Gasteiger partial charge in [-0.3, -0.25) is 4.79 Å². The molecule has 0 bridgehead atoms. The number of rotatable bonds is 9. The molecule has 0 saturated carbocycles. The zero-order valence-corrected chi connectivity index (χ0v) is 21.5. The lowest BCUT2D eigenvalue weighted by Crippen LogP contribution is -2.50. The molecule has 186 valence electrons. The van der Waals surface area contributed by atoms with Gasteiger partial charge in [-0.15, -0.1) is 0 Å². The van der Waals surface area contributed by atoms with E-state index in [2.05, 4.69) is 28.8 Å². The van der Waals surface area contributed by atoms with Crippen molar-refractivity contribution in [2.24, 2.45) is 0 Å². The fourth-order valence-electron chi connectivity index (χ4n) is 4.72. The molecule has 0 unspecified atom stereocenters. The molecule has 0 aliphatic carbocycles. The number of fused-ring (bicyclic) bond motifs is 1. The minimum atomic E-state index is -0.456. The van der Waals surface area contributed by atoms with Gasteiger partial charge in [0.15, 0.2) is 23.0 Å². The Labute approximate surface area is 203 Å². The lowest BCUT2D eigenvalue weighted by Gasteiger charge is -2.41. The number of nitrogens with one attached hydrogen (secondary N) is 2. The first-order valence-electron chi connectivity index (χ1n) is 11.7. The van der Waals surface area contributed by atoms with Gasteiger partial charge in [0.2, 0.25) is 5.91 Å². The first-order chi connectivity index (χ1) is 16.1. The largest absolute Gasteiger partial charge is 0.493 e. The molecule has 0 saturated heterocycles. The van der Waals surface area contributed by atoms with Crippen LogP contribution in [0.3, 0.4) is 0 Å². The monoisotopic (exact) mass is 470 g/mol. The Balaban J connectivity index is 2.04. The van der Waals surface area contributed by atoms with Crippen LogP contribution in [0.5, 0.6) is 23.0 Å². The van der Waals surface area contributed by atoms with E-state index in [4.69, 9.17) is 18.9 Å². The number of methoxy groups -OCH3 is 4. The molecule has 7 heteroatoms. The summed E-state index contributed by atoms with van der Waals surface area (Å²) in [7, 11) is 6.57. The van der Waals surface area contributed by atoms with Crippen molar-refractivity contribution in [2.45, 2.75) is 57.5 Å². The van der Waals surface area contributed by atoms with Crippen LogP contribution in [-0.4, -0.2) is 46.4 Å². The fourth-order valence-corrected chi connectivity index (χ4v) is 4.72.